The second kappa shape index (κ2) is 12.4. The van der Waals surface area contributed by atoms with Gasteiger partial charge in [0.2, 0.25) is 0 Å². The normalized spacial score (nSPS) is 10.4. The number of hydrogen-bond donors (Lipinski definition) is 4. The van der Waals surface area contributed by atoms with Crippen molar-refractivity contribution < 1.29 is 9.47 Å². The number of nitrogens with zero attached hydrogens (tertiary/aromatic N) is 1. The average Bonchev–Trinajstić information content (AvgIpc) is 2.58. The highest BCUT2D eigenvalue weighted by Crippen LogP contribution is 2.24. The molecule has 6 N–H and O–H groups in total. The van der Waals surface area contributed by atoms with Gasteiger partial charge in [-0.25, -0.2) is 0 Å². The van der Waals surface area contributed by atoms with E-state index in [9.17, 15) is 0 Å². The van der Waals surface area contributed by atoms with Crippen LogP contribution in [0.25, 0.3) is 0 Å². The zero-order valence-electron chi connectivity index (χ0n) is 14.8. The Labute approximate surface area is 144 Å². The number of hydrogen-bond acceptors (Lipinski definition) is 5. The van der Waals surface area contributed by atoms with E-state index >= 15 is 0 Å². The Kier molecular flexibility index (Phi) is 10.4. The summed E-state index contributed by atoms with van der Waals surface area (Å²) in [7, 11) is 3.61. The molecule has 0 saturated carbocycles. The number of ether oxygens (including phenoxy) is 2. The number of rotatable bonds is 13. The Morgan fingerprint density at radius 3 is 2.71 bits per heavy atom. The summed E-state index contributed by atoms with van der Waals surface area (Å²) in [5.74, 6) is 1.89. The molecule has 1 rings (SSSR count). The summed E-state index contributed by atoms with van der Waals surface area (Å²) in [5, 5.41) is 6.54. The van der Waals surface area contributed by atoms with Gasteiger partial charge in [0.25, 0.3) is 0 Å². The van der Waals surface area contributed by atoms with Crippen LogP contribution in [-0.4, -0.2) is 46.4 Å². The predicted octanol–water partition coefficient (Wildman–Crippen LogP) is 0.827. The van der Waals surface area contributed by atoms with Gasteiger partial charge in [0.15, 0.2) is 5.96 Å². The molecule has 136 valence electrons. The van der Waals surface area contributed by atoms with Crippen LogP contribution >= 0.6 is 0 Å². The first-order valence-corrected chi connectivity index (χ1v) is 8.37. The minimum atomic E-state index is 0.152. The topological polar surface area (TPSA) is 107 Å². The van der Waals surface area contributed by atoms with E-state index in [0.717, 1.165) is 56.0 Å². The van der Waals surface area contributed by atoms with Crippen LogP contribution in [0.1, 0.15) is 24.8 Å². The van der Waals surface area contributed by atoms with E-state index in [2.05, 4.69) is 15.6 Å². The van der Waals surface area contributed by atoms with Crippen molar-refractivity contribution in [1.82, 2.24) is 10.6 Å². The molecule has 0 aromatic heterocycles. The summed E-state index contributed by atoms with van der Waals surface area (Å²) >= 11 is 0. The Bertz CT molecular complexity index is 490. The number of methoxy groups -OCH3 is 1. The summed E-state index contributed by atoms with van der Waals surface area (Å²) < 4.78 is 11.2. The maximum absolute atomic E-state index is 5.88. The van der Waals surface area contributed by atoms with Crippen molar-refractivity contribution in [2.45, 2.75) is 25.8 Å². The van der Waals surface area contributed by atoms with Crippen molar-refractivity contribution in [3.05, 3.63) is 23.8 Å². The Morgan fingerprint density at radius 2 is 2.00 bits per heavy atom. The van der Waals surface area contributed by atoms with Gasteiger partial charge < -0.3 is 31.6 Å². The quantitative estimate of drug-likeness (QED) is 0.241. The summed E-state index contributed by atoms with van der Waals surface area (Å²) in [6.45, 7) is 3.94. The molecule has 24 heavy (non-hydrogen) atoms. The van der Waals surface area contributed by atoms with Gasteiger partial charge in [0.05, 0.1) is 13.7 Å². The van der Waals surface area contributed by atoms with E-state index in [1.807, 2.05) is 25.2 Å². The maximum atomic E-state index is 5.88. The molecule has 0 spiro atoms. The lowest BCUT2D eigenvalue weighted by atomic mass is 10.2. The van der Waals surface area contributed by atoms with E-state index in [1.54, 1.807) is 7.11 Å². The van der Waals surface area contributed by atoms with Crippen LogP contribution in [0.2, 0.25) is 0 Å². The number of nitrogens with two attached hydrogens (primary N) is 2. The highest BCUT2D eigenvalue weighted by Gasteiger charge is 2.06. The van der Waals surface area contributed by atoms with Crippen LogP contribution in [0.5, 0.6) is 11.5 Å². The van der Waals surface area contributed by atoms with Crippen LogP contribution in [0, 0.1) is 0 Å². The van der Waals surface area contributed by atoms with Crippen LogP contribution in [0.4, 0.5) is 0 Å². The van der Waals surface area contributed by atoms with Crippen molar-refractivity contribution in [2.24, 2.45) is 16.5 Å². The van der Waals surface area contributed by atoms with E-state index < -0.39 is 0 Å². The van der Waals surface area contributed by atoms with Crippen LogP contribution < -0.4 is 31.6 Å². The van der Waals surface area contributed by atoms with Gasteiger partial charge in [-0.1, -0.05) is 0 Å². The van der Waals surface area contributed by atoms with Crippen LogP contribution in [-0.2, 0) is 6.54 Å². The highest BCUT2D eigenvalue weighted by molar-refractivity contribution is 5.75. The fourth-order valence-corrected chi connectivity index (χ4v) is 2.19. The number of benzene rings is 1. The maximum Gasteiger partial charge on any atom is 0.185 e. The van der Waals surface area contributed by atoms with Gasteiger partial charge in [0, 0.05) is 18.7 Å². The van der Waals surface area contributed by atoms with Gasteiger partial charge in [-0.2, -0.15) is 0 Å². The minimum Gasteiger partial charge on any atom is -0.497 e. The molecule has 0 aliphatic carbocycles. The zero-order chi connectivity index (χ0) is 17.6. The summed E-state index contributed by atoms with van der Waals surface area (Å²) in [6.07, 6.45) is 2.94. The number of unbranched alkanes of at least 4 members (excludes halogenated alkanes) is 1. The SMILES string of the molecule is CNCCCOc1ccc(OC)cc1CNCCCCN=C(N)N. The molecule has 0 radical (unpaired) electrons. The first-order chi connectivity index (χ1) is 11.7. The molecule has 0 fully saturated rings. The molecule has 0 atom stereocenters. The fraction of sp³-hybridized carbons (Fsp3) is 0.588. The van der Waals surface area contributed by atoms with Gasteiger partial charge in [0.1, 0.15) is 11.5 Å². The van der Waals surface area contributed by atoms with E-state index in [1.165, 1.54) is 0 Å². The van der Waals surface area contributed by atoms with Crippen molar-refractivity contribution in [1.29, 1.82) is 0 Å². The summed E-state index contributed by atoms with van der Waals surface area (Å²) in [5.41, 5.74) is 11.7. The molecule has 0 amide bonds. The molecular formula is C17H31N5O2. The monoisotopic (exact) mass is 337 g/mol. The second-order valence-electron chi connectivity index (χ2n) is 5.47. The molecule has 0 aliphatic rings. The third-order valence-corrected chi connectivity index (χ3v) is 3.47. The van der Waals surface area contributed by atoms with Crippen molar-refractivity contribution in [3.8, 4) is 11.5 Å². The smallest absolute Gasteiger partial charge is 0.185 e. The van der Waals surface area contributed by atoms with Crippen LogP contribution in [0.15, 0.2) is 23.2 Å². The molecule has 7 heteroatoms. The lowest BCUT2D eigenvalue weighted by Crippen LogP contribution is -2.23. The molecule has 0 bridgehead atoms. The number of guanidine groups is 1. The fourth-order valence-electron chi connectivity index (χ4n) is 2.19. The summed E-state index contributed by atoms with van der Waals surface area (Å²) in [4.78, 5) is 3.97. The van der Waals surface area contributed by atoms with Crippen molar-refractivity contribution >= 4 is 5.96 Å². The number of nitrogens with one attached hydrogen (secondary N) is 2. The molecule has 1 aromatic carbocycles. The number of aliphatic imine (C=N–C) groups is 1. The second-order valence-corrected chi connectivity index (χ2v) is 5.47. The zero-order valence-corrected chi connectivity index (χ0v) is 14.8. The average molecular weight is 337 g/mol. The van der Waals surface area contributed by atoms with Crippen molar-refractivity contribution in [2.75, 3.05) is 40.4 Å². The Morgan fingerprint density at radius 1 is 1.17 bits per heavy atom. The molecule has 0 unspecified atom stereocenters. The van der Waals surface area contributed by atoms with Crippen LogP contribution in [0.3, 0.4) is 0 Å². The van der Waals surface area contributed by atoms with Gasteiger partial charge in [-0.05, 0) is 57.6 Å². The lowest BCUT2D eigenvalue weighted by molar-refractivity contribution is 0.305. The molecule has 0 aliphatic heterocycles. The molecule has 7 nitrogen and oxygen atoms in total. The predicted molar refractivity (Wildman–Crippen MR) is 98.7 cm³/mol. The third kappa shape index (κ3) is 8.59. The van der Waals surface area contributed by atoms with E-state index in [4.69, 9.17) is 20.9 Å². The van der Waals surface area contributed by atoms with Gasteiger partial charge in [-0.15, -0.1) is 0 Å². The van der Waals surface area contributed by atoms with Gasteiger partial charge in [-0.3, -0.25) is 4.99 Å². The first-order valence-electron chi connectivity index (χ1n) is 8.37. The molecule has 1 aromatic rings. The first kappa shape index (κ1) is 20.1. The Hall–Kier alpha value is -1.99. The Balaban J connectivity index is 2.41. The molecular weight excluding hydrogens is 306 g/mol. The molecule has 0 heterocycles. The summed E-state index contributed by atoms with van der Waals surface area (Å²) in [6, 6.07) is 5.90. The van der Waals surface area contributed by atoms with E-state index in [0.29, 0.717) is 13.2 Å². The van der Waals surface area contributed by atoms with Gasteiger partial charge >= 0.3 is 0 Å². The molecule has 0 saturated heterocycles. The minimum absolute atomic E-state index is 0.152. The largest absolute Gasteiger partial charge is 0.497 e. The third-order valence-electron chi connectivity index (χ3n) is 3.47. The standard InChI is InChI=1S/C17H31N5O2/c1-20-8-5-11-24-16-7-6-15(23-2)12-14(16)13-21-9-3-4-10-22-17(18)19/h6-7,12,20-21H,3-5,8-11,13H2,1-2H3,(H4,18,19,22). The highest BCUT2D eigenvalue weighted by atomic mass is 16.5. The lowest BCUT2D eigenvalue weighted by Gasteiger charge is -2.14. The van der Waals surface area contributed by atoms with Crippen molar-refractivity contribution in [3.63, 3.8) is 0 Å². The van der Waals surface area contributed by atoms with E-state index in [-0.39, 0.29) is 5.96 Å².